The fourth-order valence-electron chi connectivity index (χ4n) is 0.540. The average Bonchev–Trinajstić information content (AvgIpc) is 2.34. The van der Waals surface area contributed by atoms with E-state index in [1.165, 1.54) is 6.33 Å². The topological polar surface area (TPSA) is 30.7 Å². The van der Waals surface area contributed by atoms with Gasteiger partial charge in [0, 0.05) is 0 Å². The lowest BCUT2D eigenvalue weighted by Gasteiger charge is -1.89. The third-order valence-corrected chi connectivity index (χ3v) is 0.995. The van der Waals surface area contributed by atoms with Crippen LogP contribution >= 0.6 is 0 Å². The van der Waals surface area contributed by atoms with Crippen molar-refractivity contribution < 1.29 is 0 Å². The quantitative estimate of drug-likeness (QED) is 0.546. The molecule has 0 N–H and O–H groups in total. The summed E-state index contributed by atoms with van der Waals surface area (Å²) < 4.78 is 1.76. The molecule has 0 unspecified atom stereocenters. The minimum absolute atomic E-state index is 0.816. The van der Waals surface area contributed by atoms with Gasteiger partial charge in [0.25, 0.3) is 0 Å². The van der Waals surface area contributed by atoms with Crippen LogP contribution in [0, 0.1) is 0 Å². The largest absolute Gasteiger partial charge is 0.249 e. The van der Waals surface area contributed by atoms with E-state index in [1.807, 2.05) is 19.1 Å². The maximum absolute atomic E-state index is 3.91. The Kier molecular flexibility index (Phi) is 2.01. The molecule has 0 fully saturated rings. The van der Waals surface area contributed by atoms with Crippen LogP contribution in [0.4, 0.5) is 0 Å². The molecule has 1 aromatic rings. The van der Waals surface area contributed by atoms with E-state index in [4.69, 9.17) is 0 Å². The van der Waals surface area contributed by atoms with Gasteiger partial charge in [-0.15, -0.1) is 0 Å². The Hall–Kier alpha value is -1.12. The molecule has 9 heavy (non-hydrogen) atoms. The predicted molar refractivity (Wildman–Crippen MR) is 34.8 cm³/mol. The molecule has 0 amide bonds. The summed E-state index contributed by atoms with van der Waals surface area (Å²) in [5, 5.41) is 3.91. The summed E-state index contributed by atoms with van der Waals surface area (Å²) in [6, 6.07) is 0. The summed E-state index contributed by atoms with van der Waals surface area (Å²) >= 11 is 0. The second-order valence-corrected chi connectivity index (χ2v) is 1.69. The van der Waals surface area contributed by atoms with Crippen molar-refractivity contribution in [1.29, 1.82) is 0 Å². The Morgan fingerprint density at radius 1 is 1.67 bits per heavy atom. The van der Waals surface area contributed by atoms with Crippen LogP contribution in [0.5, 0.6) is 0 Å². The first-order valence-electron chi connectivity index (χ1n) is 2.87. The molecule has 0 radical (unpaired) electrons. The van der Waals surface area contributed by atoms with E-state index in [-0.39, 0.29) is 0 Å². The van der Waals surface area contributed by atoms with Gasteiger partial charge < -0.3 is 0 Å². The van der Waals surface area contributed by atoms with Gasteiger partial charge in [0.2, 0.25) is 0 Å². The third kappa shape index (κ3) is 1.68. The first-order valence-corrected chi connectivity index (χ1v) is 2.87. The van der Waals surface area contributed by atoms with Crippen LogP contribution in [0.2, 0.25) is 0 Å². The zero-order valence-corrected chi connectivity index (χ0v) is 5.36. The lowest BCUT2D eigenvalue weighted by molar-refractivity contribution is 0.699. The first-order chi connectivity index (χ1) is 4.43. The minimum atomic E-state index is 0.816. The molecule has 0 saturated heterocycles. The molecule has 3 heteroatoms. The molecule has 0 atom stereocenters. The lowest BCUT2D eigenvalue weighted by atomic mass is 10.5. The van der Waals surface area contributed by atoms with Crippen LogP contribution in [0.15, 0.2) is 24.8 Å². The second kappa shape index (κ2) is 3.02. The molecule has 0 saturated carbocycles. The number of nitrogens with zero attached hydrogens (tertiary/aromatic N) is 3. The second-order valence-electron chi connectivity index (χ2n) is 1.69. The van der Waals surface area contributed by atoms with E-state index in [0.717, 1.165) is 6.54 Å². The van der Waals surface area contributed by atoms with Gasteiger partial charge >= 0.3 is 0 Å². The van der Waals surface area contributed by atoms with Gasteiger partial charge in [0.15, 0.2) is 0 Å². The highest BCUT2D eigenvalue weighted by atomic mass is 15.3. The van der Waals surface area contributed by atoms with Gasteiger partial charge in [0.05, 0.1) is 6.54 Å². The van der Waals surface area contributed by atoms with E-state index in [1.54, 1.807) is 11.0 Å². The molecule has 1 rings (SSSR count). The zero-order chi connectivity index (χ0) is 6.53. The molecule has 48 valence electrons. The van der Waals surface area contributed by atoms with Crippen LogP contribution in [-0.4, -0.2) is 14.8 Å². The maximum Gasteiger partial charge on any atom is 0.137 e. The lowest BCUT2D eigenvalue weighted by Crippen LogP contribution is -1.93. The Morgan fingerprint density at radius 2 is 2.56 bits per heavy atom. The maximum atomic E-state index is 3.91. The molecular formula is C6H9N3. The van der Waals surface area contributed by atoms with Gasteiger partial charge in [-0.1, -0.05) is 12.2 Å². The summed E-state index contributed by atoms with van der Waals surface area (Å²) in [6.07, 6.45) is 7.24. The highest BCUT2D eigenvalue weighted by molar-refractivity contribution is 4.76. The van der Waals surface area contributed by atoms with Gasteiger partial charge in [-0.3, -0.25) is 0 Å². The normalized spacial score (nSPS) is 10.8. The molecule has 0 aromatic carbocycles. The van der Waals surface area contributed by atoms with E-state index in [0.29, 0.717) is 0 Å². The molecule has 0 bridgehead atoms. The average molecular weight is 123 g/mol. The number of allylic oxidation sites excluding steroid dienone is 2. The minimum Gasteiger partial charge on any atom is -0.249 e. The van der Waals surface area contributed by atoms with E-state index < -0.39 is 0 Å². The van der Waals surface area contributed by atoms with Crippen molar-refractivity contribution in [3.05, 3.63) is 24.8 Å². The Balaban J connectivity index is 2.48. The molecule has 0 aliphatic heterocycles. The standard InChI is InChI=1S/C6H9N3/c1-2-3-4-9-6-7-5-8-9/h2-3,5-6H,4H2,1H3. The van der Waals surface area contributed by atoms with Crippen molar-refractivity contribution in [3.8, 4) is 0 Å². The van der Waals surface area contributed by atoms with E-state index in [9.17, 15) is 0 Å². The van der Waals surface area contributed by atoms with Crippen LogP contribution in [0.25, 0.3) is 0 Å². The summed E-state index contributed by atoms with van der Waals surface area (Å²) in [5.41, 5.74) is 0. The van der Waals surface area contributed by atoms with Crippen molar-refractivity contribution in [3.63, 3.8) is 0 Å². The molecule has 0 aliphatic rings. The number of rotatable bonds is 2. The summed E-state index contributed by atoms with van der Waals surface area (Å²) in [5.74, 6) is 0. The highest BCUT2D eigenvalue weighted by Gasteiger charge is 1.81. The fraction of sp³-hybridized carbons (Fsp3) is 0.333. The van der Waals surface area contributed by atoms with E-state index >= 15 is 0 Å². The number of hydrogen-bond donors (Lipinski definition) is 0. The van der Waals surface area contributed by atoms with Crippen LogP contribution in [0.1, 0.15) is 6.92 Å². The van der Waals surface area contributed by atoms with E-state index in [2.05, 4.69) is 10.1 Å². The molecule has 0 spiro atoms. The third-order valence-electron chi connectivity index (χ3n) is 0.995. The SMILES string of the molecule is CC=CCn1cncn1. The monoisotopic (exact) mass is 123 g/mol. The Labute approximate surface area is 54.0 Å². The van der Waals surface area contributed by atoms with Crippen molar-refractivity contribution >= 4 is 0 Å². The van der Waals surface area contributed by atoms with Crippen LogP contribution < -0.4 is 0 Å². The molecule has 0 aliphatic carbocycles. The first kappa shape index (κ1) is 6.01. The van der Waals surface area contributed by atoms with Crippen molar-refractivity contribution in [2.45, 2.75) is 13.5 Å². The molecule has 3 nitrogen and oxygen atoms in total. The van der Waals surface area contributed by atoms with Gasteiger partial charge in [-0.05, 0) is 6.92 Å². The van der Waals surface area contributed by atoms with Gasteiger partial charge in [0.1, 0.15) is 12.7 Å². The van der Waals surface area contributed by atoms with Crippen molar-refractivity contribution in [2.24, 2.45) is 0 Å². The molecule has 1 aromatic heterocycles. The van der Waals surface area contributed by atoms with Crippen LogP contribution in [0.3, 0.4) is 0 Å². The van der Waals surface area contributed by atoms with Gasteiger partial charge in [-0.2, -0.15) is 5.10 Å². The predicted octanol–water partition coefficient (Wildman–Crippen LogP) is 0.854. The smallest absolute Gasteiger partial charge is 0.137 e. The summed E-state index contributed by atoms with van der Waals surface area (Å²) in [4.78, 5) is 3.79. The highest BCUT2D eigenvalue weighted by Crippen LogP contribution is 1.80. The zero-order valence-electron chi connectivity index (χ0n) is 5.36. The van der Waals surface area contributed by atoms with Crippen molar-refractivity contribution in [1.82, 2.24) is 14.8 Å². The molecule has 1 heterocycles. The van der Waals surface area contributed by atoms with Crippen LogP contribution in [-0.2, 0) is 6.54 Å². The number of aromatic nitrogens is 3. The van der Waals surface area contributed by atoms with Gasteiger partial charge in [-0.25, -0.2) is 9.67 Å². The summed E-state index contributed by atoms with van der Waals surface area (Å²) in [6.45, 7) is 2.80. The Bertz CT molecular complexity index is 176. The number of hydrogen-bond acceptors (Lipinski definition) is 2. The van der Waals surface area contributed by atoms with Crippen molar-refractivity contribution in [2.75, 3.05) is 0 Å². The molecular weight excluding hydrogens is 114 g/mol. The summed E-state index contributed by atoms with van der Waals surface area (Å²) in [7, 11) is 0. The fourth-order valence-corrected chi connectivity index (χ4v) is 0.540. The Morgan fingerprint density at radius 3 is 3.11 bits per heavy atom.